The van der Waals surface area contributed by atoms with Gasteiger partial charge in [0.05, 0.1) is 17.4 Å². The molecule has 20 heavy (non-hydrogen) atoms. The minimum Gasteiger partial charge on any atom is -0.397 e. The van der Waals surface area contributed by atoms with Crippen LogP contribution in [0.1, 0.15) is 30.1 Å². The van der Waals surface area contributed by atoms with Gasteiger partial charge in [-0.15, -0.1) is 0 Å². The van der Waals surface area contributed by atoms with Gasteiger partial charge in [-0.3, -0.25) is 9.59 Å². The van der Waals surface area contributed by atoms with Crippen molar-refractivity contribution >= 4 is 29.1 Å². The number of aromatic nitrogens is 1. The van der Waals surface area contributed by atoms with Crippen molar-refractivity contribution in [3.05, 3.63) is 23.0 Å². The molecule has 6 nitrogen and oxygen atoms in total. The highest BCUT2D eigenvalue weighted by Gasteiger charge is 2.23. The Labute approximate surface area is 122 Å². The van der Waals surface area contributed by atoms with Crippen LogP contribution >= 0.6 is 11.6 Å². The van der Waals surface area contributed by atoms with Gasteiger partial charge < -0.3 is 16.0 Å². The van der Waals surface area contributed by atoms with Gasteiger partial charge in [0, 0.05) is 25.6 Å². The van der Waals surface area contributed by atoms with E-state index < -0.39 is 0 Å². The Morgan fingerprint density at radius 2 is 2.40 bits per heavy atom. The van der Waals surface area contributed by atoms with Crippen LogP contribution in [0.3, 0.4) is 0 Å². The normalized spacial score (nSPS) is 16.3. The molecule has 1 aliphatic heterocycles. The highest BCUT2D eigenvalue weighted by Crippen LogP contribution is 2.16. The summed E-state index contributed by atoms with van der Waals surface area (Å²) in [6.45, 7) is 3.09. The molecular weight excluding hydrogens is 280 g/mol. The van der Waals surface area contributed by atoms with Crippen LogP contribution in [0, 0.1) is 0 Å². The average molecular weight is 297 g/mol. The van der Waals surface area contributed by atoms with Gasteiger partial charge in [0.15, 0.2) is 0 Å². The number of nitrogen functional groups attached to an aromatic ring is 1. The lowest BCUT2D eigenvalue weighted by Crippen LogP contribution is -2.42. The number of halogens is 1. The number of pyridine rings is 1. The van der Waals surface area contributed by atoms with Crippen LogP contribution in [-0.2, 0) is 4.79 Å². The second-order valence-electron chi connectivity index (χ2n) is 4.92. The summed E-state index contributed by atoms with van der Waals surface area (Å²) < 4.78 is 0. The fourth-order valence-electron chi connectivity index (χ4n) is 2.20. The van der Waals surface area contributed by atoms with Crippen molar-refractivity contribution in [3.63, 3.8) is 0 Å². The maximum Gasteiger partial charge on any atom is 0.254 e. The van der Waals surface area contributed by atoms with E-state index in [0.29, 0.717) is 18.7 Å². The maximum atomic E-state index is 12.1. The Kier molecular flexibility index (Phi) is 4.44. The number of hydrogen-bond acceptors (Lipinski definition) is 4. The lowest BCUT2D eigenvalue weighted by atomic mass is 10.2. The molecule has 1 aromatic heterocycles. The van der Waals surface area contributed by atoms with Crippen molar-refractivity contribution in [2.75, 3.05) is 18.8 Å². The Balaban J connectivity index is 1.96. The number of nitrogens with two attached hydrogens (primary N) is 1. The maximum absolute atomic E-state index is 12.1. The third-order valence-electron chi connectivity index (χ3n) is 3.15. The zero-order valence-electron chi connectivity index (χ0n) is 11.2. The van der Waals surface area contributed by atoms with E-state index in [1.54, 1.807) is 4.90 Å². The van der Waals surface area contributed by atoms with Crippen LogP contribution in [-0.4, -0.2) is 40.8 Å². The van der Waals surface area contributed by atoms with Crippen LogP contribution in [0.15, 0.2) is 12.3 Å². The highest BCUT2D eigenvalue weighted by molar-refractivity contribution is 6.32. The van der Waals surface area contributed by atoms with Gasteiger partial charge in [-0.2, -0.15) is 0 Å². The molecule has 7 heteroatoms. The fraction of sp³-hybridized carbons (Fsp3) is 0.462. The molecule has 0 bridgehead atoms. The van der Waals surface area contributed by atoms with Gasteiger partial charge in [-0.1, -0.05) is 11.6 Å². The van der Waals surface area contributed by atoms with Crippen LogP contribution in [0.25, 0.3) is 0 Å². The van der Waals surface area contributed by atoms with Crippen LogP contribution in [0.2, 0.25) is 5.15 Å². The van der Waals surface area contributed by atoms with Gasteiger partial charge in [0.1, 0.15) is 5.15 Å². The number of nitrogens with one attached hydrogen (secondary N) is 1. The van der Waals surface area contributed by atoms with Gasteiger partial charge >= 0.3 is 0 Å². The molecule has 1 atom stereocenters. The summed E-state index contributed by atoms with van der Waals surface area (Å²) in [7, 11) is 0. The van der Waals surface area contributed by atoms with Crippen molar-refractivity contribution in [2.45, 2.75) is 25.8 Å². The quantitative estimate of drug-likeness (QED) is 0.813. The monoisotopic (exact) mass is 296 g/mol. The van der Waals surface area contributed by atoms with E-state index in [1.165, 1.54) is 12.3 Å². The number of amides is 2. The number of hydrogen-bond donors (Lipinski definition) is 2. The zero-order valence-corrected chi connectivity index (χ0v) is 12.0. The molecule has 1 fully saturated rings. The summed E-state index contributed by atoms with van der Waals surface area (Å²) in [5.41, 5.74) is 6.21. The predicted molar refractivity (Wildman–Crippen MR) is 76.4 cm³/mol. The zero-order chi connectivity index (χ0) is 14.7. The summed E-state index contributed by atoms with van der Waals surface area (Å²) in [4.78, 5) is 29.2. The van der Waals surface area contributed by atoms with Gasteiger partial charge in [-0.25, -0.2) is 4.98 Å². The summed E-state index contributed by atoms with van der Waals surface area (Å²) in [6, 6.07) is 1.32. The van der Waals surface area contributed by atoms with Crippen molar-refractivity contribution in [1.29, 1.82) is 0 Å². The van der Waals surface area contributed by atoms with E-state index in [0.717, 1.165) is 13.0 Å². The SMILES string of the molecule is CC(CN1CCCC1=O)NC(=O)c1cc(N)cnc1Cl. The van der Waals surface area contributed by atoms with E-state index in [9.17, 15) is 9.59 Å². The minimum absolute atomic E-state index is 0.112. The first-order chi connectivity index (χ1) is 9.47. The largest absolute Gasteiger partial charge is 0.397 e. The van der Waals surface area contributed by atoms with Crippen molar-refractivity contribution in [1.82, 2.24) is 15.2 Å². The van der Waals surface area contributed by atoms with E-state index in [-0.39, 0.29) is 28.6 Å². The van der Waals surface area contributed by atoms with Crippen molar-refractivity contribution in [2.24, 2.45) is 0 Å². The van der Waals surface area contributed by atoms with Gasteiger partial charge in [0.25, 0.3) is 5.91 Å². The molecule has 0 radical (unpaired) electrons. The second kappa shape index (κ2) is 6.09. The number of carbonyl (C=O) groups excluding carboxylic acids is 2. The first-order valence-corrected chi connectivity index (χ1v) is 6.85. The Bertz CT molecular complexity index is 535. The number of anilines is 1. The molecule has 108 valence electrons. The van der Waals surface area contributed by atoms with Crippen molar-refractivity contribution in [3.8, 4) is 0 Å². The molecule has 0 spiro atoms. The molecule has 2 heterocycles. The molecule has 2 rings (SSSR count). The Morgan fingerprint density at radius 1 is 1.65 bits per heavy atom. The third-order valence-corrected chi connectivity index (χ3v) is 3.45. The minimum atomic E-state index is -0.339. The molecule has 0 aliphatic carbocycles. The lowest BCUT2D eigenvalue weighted by molar-refractivity contribution is -0.127. The summed E-state index contributed by atoms with van der Waals surface area (Å²) in [5, 5.41) is 2.91. The average Bonchev–Trinajstić information content (AvgIpc) is 2.77. The molecule has 0 aromatic carbocycles. The molecule has 1 aromatic rings. The van der Waals surface area contributed by atoms with Gasteiger partial charge in [-0.05, 0) is 19.4 Å². The van der Waals surface area contributed by atoms with Crippen LogP contribution < -0.4 is 11.1 Å². The molecule has 3 N–H and O–H groups in total. The second-order valence-corrected chi connectivity index (χ2v) is 5.28. The number of likely N-dealkylation sites (tertiary alicyclic amines) is 1. The molecular formula is C13H17ClN4O2. The van der Waals surface area contributed by atoms with Crippen LogP contribution in [0.4, 0.5) is 5.69 Å². The molecule has 0 saturated carbocycles. The van der Waals surface area contributed by atoms with E-state index in [1.807, 2.05) is 6.92 Å². The van der Waals surface area contributed by atoms with Crippen LogP contribution in [0.5, 0.6) is 0 Å². The first kappa shape index (κ1) is 14.6. The van der Waals surface area contributed by atoms with E-state index in [4.69, 9.17) is 17.3 Å². The number of nitrogens with zero attached hydrogens (tertiary/aromatic N) is 2. The van der Waals surface area contributed by atoms with E-state index >= 15 is 0 Å². The fourth-order valence-corrected chi connectivity index (χ4v) is 2.39. The lowest BCUT2D eigenvalue weighted by Gasteiger charge is -2.21. The van der Waals surface area contributed by atoms with E-state index in [2.05, 4.69) is 10.3 Å². The highest BCUT2D eigenvalue weighted by atomic mass is 35.5. The summed E-state index contributed by atoms with van der Waals surface area (Å²) >= 11 is 5.88. The number of carbonyl (C=O) groups is 2. The summed E-state index contributed by atoms with van der Waals surface area (Å²) in [5.74, 6) is -0.205. The third kappa shape index (κ3) is 3.39. The first-order valence-electron chi connectivity index (χ1n) is 6.47. The Morgan fingerprint density at radius 3 is 3.05 bits per heavy atom. The van der Waals surface area contributed by atoms with Crippen molar-refractivity contribution < 1.29 is 9.59 Å². The molecule has 1 aliphatic rings. The summed E-state index contributed by atoms with van der Waals surface area (Å²) in [6.07, 6.45) is 2.86. The molecule has 2 amide bonds. The topological polar surface area (TPSA) is 88.3 Å². The number of rotatable bonds is 4. The standard InChI is InChI=1S/C13H17ClN4O2/c1-8(7-18-4-2-3-11(18)19)17-13(20)10-5-9(15)6-16-12(10)14/h5-6,8H,2-4,7,15H2,1H3,(H,17,20). The Hall–Kier alpha value is -1.82. The molecule has 1 saturated heterocycles. The van der Waals surface area contributed by atoms with Gasteiger partial charge in [0.2, 0.25) is 5.91 Å². The smallest absolute Gasteiger partial charge is 0.254 e. The predicted octanol–water partition coefficient (Wildman–Crippen LogP) is 1.06. The molecule has 1 unspecified atom stereocenters.